The molecular formula is C15H19NO3. The van der Waals surface area contributed by atoms with Crippen LogP contribution in [0.15, 0.2) is 30.9 Å². The molecule has 102 valence electrons. The Bertz CT molecular complexity index is 462. The normalized spacial score (nSPS) is 18.5. The van der Waals surface area contributed by atoms with Crippen molar-refractivity contribution in [3.8, 4) is 11.5 Å². The number of methoxy groups -OCH3 is 2. The molecule has 4 nitrogen and oxygen atoms in total. The summed E-state index contributed by atoms with van der Waals surface area (Å²) >= 11 is 0. The third-order valence-corrected chi connectivity index (χ3v) is 3.46. The van der Waals surface area contributed by atoms with Crippen molar-refractivity contribution in [2.45, 2.75) is 13.0 Å². The molecule has 4 heteroatoms. The fraction of sp³-hybridized carbons (Fsp3) is 0.400. The molecule has 1 atom stereocenters. The van der Waals surface area contributed by atoms with Gasteiger partial charge in [-0.1, -0.05) is 12.1 Å². The van der Waals surface area contributed by atoms with Gasteiger partial charge in [-0.3, -0.25) is 4.79 Å². The van der Waals surface area contributed by atoms with E-state index in [2.05, 4.69) is 6.58 Å². The summed E-state index contributed by atoms with van der Waals surface area (Å²) in [6.07, 6.45) is 2.39. The summed E-state index contributed by atoms with van der Waals surface area (Å²) in [6.45, 7) is 4.98. The third-order valence-electron chi connectivity index (χ3n) is 3.46. The Balaban J connectivity index is 2.23. The fourth-order valence-electron chi connectivity index (χ4n) is 2.39. The van der Waals surface area contributed by atoms with E-state index in [0.717, 1.165) is 17.1 Å². The average Bonchev–Trinajstić information content (AvgIpc) is 2.79. The summed E-state index contributed by atoms with van der Waals surface area (Å²) in [5, 5.41) is 0. The molecule has 1 aliphatic rings. The summed E-state index contributed by atoms with van der Waals surface area (Å²) in [7, 11) is 3.24. The first-order chi connectivity index (χ1) is 9.19. The first kappa shape index (κ1) is 13.5. The molecule has 0 saturated carbocycles. The van der Waals surface area contributed by atoms with Crippen molar-refractivity contribution in [3.05, 3.63) is 36.4 Å². The largest absolute Gasteiger partial charge is 0.496 e. The maximum absolute atomic E-state index is 11.9. The topological polar surface area (TPSA) is 38.8 Å². The molecule has 1 amide bonds. The number of nitrogens with zero attached hydrogens (tertiary/aromatic N) is 1. The van der Waals surface area contributed by atoms with Crippen LogP contribution in [-0.4, -0.2) is 31.6 Å². The van der Waals surface area contributed by atoms with Crippen molar-refractivity contribution < 1.29 is 14.3 Å². The van der Waals surface area contributed by atoms with E-state index in [1.54, 1.807) is 14.2 Å². The van der Waals surface area contributed by atoms with Gasteiger partial charge >= 0.3 is 0 Å². The molecular weight excluding hydrogens is 242 g/mol. The van der Waals surface area contributed by atoms with Crippen molar-refractivity contribution in [3.63, 3.8) is 0 Å². The molecule has 1 heterocycles. The zero-order valence-corrected chi connectivity index (χ0v) is 11.4. The predicted octanol–water partition coefficient (Wildman–Crippen LogP) is 2.24. The molecule has 1 aromatic carbocycles. The van der Waals surface area contributed by atoms with Gasteiger partial charge in [-0.05, 0) is 12.1 Å². The lowest BCUT2D eigenvalue weighted by Crippen LogP contribution is -2.25. The molecule has 0 N–H and O–H groups in total. The Morgan fingerprint density at radius 3 is 2.47 bits per heavy atom. The second-order valence-electron chi connectivity index (χ2n) is 4.62. The van der Waals surface area contributed by atoms with Crippen molar-refractivity contribution >= 4 is 5.91 Å². The molecule has 0 radical (unpaired) electrons. The molecule has 19 heavy (non-hydrogen) atoms. The van der Waals surface area contributed by atoms with Gasteiger partial charge in [-0.2, -0.15) is 0 Å². The van der Waals surface area contributed by atoms with Crippen LogP contribution in [0.25, 0.3) is 0 Å². The van der Waals surface area contributed by atoms with Crippen LogP contribution in [-0.2, 0) is 11.3 Å². The zero-order valence-electron chi connectivity index (χ0n) is 11.4. The number of amides is 1. The minimum absolute atomic E-state index is 0.151. The van der Waals surface area contributed by atoms with Gasteiger partial charge in [-0.15, -0.1) is 6.58 Å². The molecule has 1 fully saturated rings. The maximum atomic E-state index is 11.9. The Hall–Kier alpha value is -1.97. The molecule has 1 aromatic rings. The fourth-order valence-corrected chi connectivity index (χ4v) is 2.39. The third kappa shape index (κ3) is 2.72. The molecule has 0 aromatic heterocycles. The van der Waals surface area contributed by atoms with E-state index >= 15 is 0 Å². The lowest BCUT2D eigenvalue weighted by atomic mass is 10.1. The minimum atomic E-state index is 0.151. The van der Waals surface area contributed by atoms with Crippen LogP contribution in [0.5, 0.6) is 11.5 Å². The van der Waals surface area contributed by atoms with Crippen LogP contribution in [0.4, 0.5) is 0 Å². The molecule has 0 bridgehead atoms. The Kier molecular flexibility index (Phi) is 4.10. The lowest BCUT2D eigenvalue weighted by molar-refractivity contribution is -0.128. The molecule has 1 saturated heterocycles. The highest BCUT2D eigenvalue weighted by Gasteiger charge is 2.28. The highest BCUT2D eigenvalue weighted by atomic mass is 16.5. The average molecular weight is 261 g/mol. The standard InChI is InChI=1S/C15H19NO3/c1-4-11-8-15(17)16(9-11)10-12-13(18-2)6-5-7-14(12)19-3/h4-7,11H,1,8-10H2,2-3H3. The highest BCUT2D eigenvalue weighted by molar-refractivity contribution is 5.79. The Morgan fingerprint density at radius 1 is 1.37 bits per heavy atom. The second-order valence-corrected chi connectivity index (χ2v) is 4.62. The summed E-state index contributed by atoms with van der Waals surface area (Å²) in [5.74, 6) is 1.88. The van der Waals surface area contributed by atoms with Crippen LogP contribution >= 0.6 is 0 Å². The predicted molar refractivity (Wildman–Crippen MR) is 73.3 cm³/mol. The van der Waals surface area contributed by atoms with Crippen molar-refractivity contribution in [1.29, 1.82) is 0 Å². The summed E-state index contributed by atoms with van der Waals surface area (Å²) in [4.78, 5) is 13.8. The van der Waals surface area contributed by atoms with Gasteiger partial charge in [-0.25, -0.2) is 0 Å². The minimum Gasteiger partial charge on any atom is -0.496 e. The van der Waals surface area contributed by atoms with E-state index in [9.17, 15) is 4.79 Å². The smallest absolute Gasteiger partial charge is 0.223 e. The molecule has 1 unspecified atom stereocenters. The zero-order chi connectivity index (χ0) is 13.8. The van der Waals surface area contributed by atoms with Crippen LogP contribution in [0.1, 0.15) is 12.0 Å². The molecule has 1 aliphatic heterocycles. The SMILES string of the molecule is C=CC1CC(=O)N(Cc2c(OC)cccc2OC)C1. The van der Waals surface area contributed by atoms with Gasteiger partial charge in [0, 0.05) is 18.9 Å². The molecule has 2 rings (SSSR count). The number of carbonyl (C=O) groups excluding carboxylic acids is 1. The van der Waals surface area contributed by atoms with E-state index in [4.69, 9.17) is 9.47 Å². The van der Waals surface area contributed by atoms with Crippen LogP contribution in [0.2, 0.25) is 0 Å². The number of carbonyl (C=O) groups is 1. The van der Waals surface area contributed by atoms with Gasteiger partial charge in [0.2, 0.25) is 5.91 Å². The first-order valence-corrected chi connectivity index (χ1v) is 6.29. The van der Waals surface area contributed by atoms with E-state index in [0.29, 0.717) is 19.5 Å². The number of hydrogen-bond acceptors (Lipinski definition) is 3. The van der Waals surface area contributed by atoms with Crippen LogP contribution in [0, 0.1) is 5.92 Å². The van der Waals surface area contributed by atoms with Crippen molar-refractivity contribution in [2.24, 2.45) is 5.92 Å². The Morgan fingerprint density at radius 2 is 2.00 bits per heavy atom. The molecule has 0 spiro atoms. The summed E-state index contributed by atoms with van der Waals surface area (Å²) < 4.78 is 10.7. The summed E-state index contributed by atoms with van der Waals surface area (Å²) in [5.41, 5.74) is 0.908. The van der Waals surface area contributed by atoms with Crippen LogP contribution in [0.3, 0.4) is 0 Å². The summed E-state index contributed by atoms with van der Waals surface area (Å²) in [6, 6.07) is 5.63. The maximum Gasteiger partial charge on any atom is 0.223 e. The first-order valence-electron chi connectivity index (χ1n) is 6.29. The quantitative estimate of drug-likeness (QED) is 0.763. The van der Waals surface area contributed by atoms with Gasteiger partial charge in [0.15, 0.2) is 0 Å². The van der Waals surface area contributed by atoms with Gasteiger partial charge in [0.25, 0.3) is 0 Å². The van der Waals surface area contributed by atoms with Gasteiger partial charge < -0.3 is 14.4 Å². The number of benzene rings is 1. The van der Waals surface area contributed by atoms with E-state index in [1.807, 2.05) is 29.2 Å². The van der Waals surface area contributed by atoms with Crippen molar-refractivity contribution in [1.82, 2.24) is 4.90 Å². The highest BCUT2D eigenvalue weighted by Crippen LogP contribution is 2.31. The van der Waals surface area contributed by atoms with Gasteiger partial charge in [0.1, 0.15) is 11.5 Å². The lowest BCUT2D eigenvalue weighted by Gasteiger charge is -2.20. The monoisotopic (exact) mass is 261 g/mol. The van der Waals surface area contributed by atoms with Crippen LogP contribution < -0.4 is 9.47 Å². The second kappa shape index (κ2) is 5.78. The number of hydrogen-bond donors (Lipinski definition) is 0. The number of likely N-dealkylation sites (tertiary alicyclic amines) is 1. The Labute approximate surface area is 113 Å². The van der Waals surface area contributed by atoms with E-state index in [1.165, 1.54) is 0 Å². The molecule has 0 aliphatic carbocycles. The van der Waals surface area contributed by atoms with E-state index < -0.39 is 0 Å². The van der Waals surface area contributed by atoms with Gasteiger partial charge in [0.05, 0.1) is 26.3 Å². The number of rotatable bonds is 5. The van der Waals surface area contributed by atoms with E-state index in [-0.39, 0.29) is 11.8 Å². The number of ether oxygens (including phenoxy) is 2. The van der Waals surface area contributed by atoms with Crippen molar-refractivity contribution in [2.75, 3.05) is 20.8 Å².